The highest BCUT2D eigenvalue weighted by Gasteiger charge is 2.33. The number of methoxy groups -OCH3 is 1. The Hall–Kier alpha value is -3.88. The van der Waals surface area contributed by atoms with Gasteiger partial charge in [0.1, 0.15) is 5.75 Å². The summed E-state index contributed by atoms with van der Waals surface area (Å²) in [6.07, 6.45) is 1.90. The van der Waals surface area contributed by atoms with Crippen LogP contribution in [0, 0.1) is 13.8 Å². The summed E-state index contributed by atoms with van der Waals surface area (Å²) in [5, 5.41) is 0.673. The van der Waals surface area contributed by atoms with Crippen molar-refractivity contribution in [3.63, 3.8) is 0 Å². The van der Waals surface area contributed by atoms with E-state index in [9.17, 15) is 9.59 Å². The standard InChI is InChI=1S/C30H28ClN3O4S/c1-6-38-29(36)26-18(3)32-30-34(27(26)20-7-13-24(37-5)14-8-20)28(35)25(39-30)16-21-15-17(2)33(19(21)4)23-11-9-22(31)10-12-23/h7-16,27H,6H2,1-5H3/b25-16+/t27-/m1/s1. The number of aromatic nitrogens is 2. The highest BCUT2D eigenvalue weighted by atomic mass is 35.5. The van der Waals surface area contributed by atoms with Gasteiger partial charge in [0.2, 0.25) is 0 Å². The molecule has 4 aromatic rings. The van der Waals surface area contributed by atoms with E-state index in [-0.39, 0.29) is 12.2 Å². The third-order valence-corrected chi connectivity index (χ3v) is 8.03. The number of aryl methyl sites for hydroxylation is 1. The van der Waals surface area contributed by atoms with Crippen molar-refractivity contribution in [1.82, 2.24) is 9.13 Å². The molecule has 0 saturated heterocycles. The first-order chi connectivity index (χ1) is 18.7. The first kappa shape index (κ1) is 26.7. The topological polar surface area (TPSA) is 74.8 Å². The molecule has 39 heavy (non-hydrogen) atoms. The van der Waals surface area contributed by atoms with E-state index in [0.29, 0.717) is 31.4 Å². The summed E-state index contributed by atoms with van der Waals surface area (Å²) < 4.78 is 14.9. The van der Waals surface area contributed by atoms with E-state index >= 15 is 0 Å². The maximum absolute atomic E-state index is 13.9. The van der Waals surface area contributed by atoms with E-state index in [4.69, 9.17) is 21.1 Å². The minimum Gasteiger partial charge on any atom is -0.497 e. The molecule has 7 nitrogen and oxygen atoms in total. The summed E-state index contributed by atoms with van der Waals surface area (Å²) in [5.41, 5.74) is 5.37. The Bertz CT molecular complexity index is 1780. The number of benzene rings is 2. The van der Waals surface area contributed by atoms with Crippen LogP contribution < -0.4 is 19.6 Å². The van der Waals surface area contributed by atoms with Crippen molar-refractivity contribution in [2.75, 3.05) is 13.7 Å². The molecule has 5 rings (SSSR count). The number of ether oxygens (including phenoxy) is 2. The Morgan fingerprint density at radius 1 is 1.10 bits per heavy atom. The molecule has 3 heterocycles. The van der Waals surface area contributed by atoms with Crippen molar-refractivity contribution in [1.29, 1.82) is 0 Å². The maximum Gasteiger partial charge on any atom is 0.338 e. The molecule has 2 aromatic carbocycles. The van der Waals surface area contributed by atoms with E-state index < -0.39 is 12.0 Å². The van der Waals surface area contributed by atoms with Crippen LogP contribution in [0.15, 0.2) is 75.7 Å². The lowest BCUT2D eigenvalue weighted by molar-refractivity contribution is -0.139. The number of hydrogen-bond acceptors (Lipinski definition) is 6. The fourth-order valence-corrected chi connectivity index (χ4v) is 6.12. The van der Waals surface area contributed by atoms with Crippen LogP contribution >= 0.6 is 22.9 Å². The average Bonchev–Trinajstić information content (AvgIpc) is 3.38. The molecule has 9 heteroatoms. The van der Waals surface area contributed by atoms with Crippen LogP contribution in [0.5, 0.6) is 5.75 Å². The van der Waals surface area contributed by atoms with Gasteiger partial charge in [-0.15, -0.1) is 0 Å². The maximum atomic E-state index is 13.9. The normalized spacial score (nSPS) is 15.2. The minimum atomic E-state index is -0.671. The van der Waals surface area contributed by atoms with Gasteiger partial charge < -0.3 is 14.0 Å². The van der Waals surface area contributed by atoms with E-state index in [1.165, 1.54) is 11.3 Å². The average molecular weight is 562 g/mol. The summed E-state index contributed by atoms with van der Waals surface area (Å²) in [5.74, 6) is 0.195. The summed E-state index contributed by atoms with van der Waals surface area (Å²) in [4.78, 5) is 32.2. The molecule has 0 saturated carbocycles. The third kappa shape index (κ3) is 4.86. The van der Waals surface area contributed by atoms with E-state index in [0.717, 1.165) is 28.2 Å². The van der Waals surface area contributed by atoms with Crippen molar-refractivity contribution in [2.45, 2.75) is 33.7 Å². The van der Waals surface area contributed by atoms with Gasteiger partial charge in [-0.2, -0.15) is 0 Å². The quantitative estimate of drug-likeness (QED) is 0.315. The molecule has 0 fully saturated rings. The highest BCUT2D eigenvalue weighted by Crippen LogP contribution is 2.31. The third-order valence-electron chi connectivity index (χ3n) is 6.79. The molecule has 1 aliphatic rings. The Kier molecular flexibility index (Phi) is 7.34. The van der Waals surface area contributed by atoms with E-state index in [2.05, 4.69) is 15.6 Å². The summed E-state index contributed by atoms with van der Waals surface area (Å²) in [6.45, 7) is 7.80. The molecule has 1 aliphatic heterocycles. The van der Waals surface area contributed by atoms with Crippen LogP contribution in [0.3, 0.4) is 0 Å². The Morgan fingerprint density at radius 2 is 1.79 bits per heavy atom. The molecular weight excluding hydrogens is 534 g/mol. The Labute approximate surface area is 234 Å². The number of rotatable bonds is 6. The second kappa shape index (κ2) is 10.7. The first-order valence-corrected chi connectivity index (χ1v) is 13.7. The number of halogens is 1. The molecular formula is C30H28ClN3O4S. The second-order valence-corrected chi connectivity index (χ2v) is 10.7. The molecule has 1 atom stereocenters. The smallest absolute Gasteiger partial charge is 0.338 e. The number of hydrogen-bond donors (Lipinski definition) is 0. The molecule has 0 spiro atoms. The fraction of sp³-hybridized carbons (Fsp3) is 0.233. The lowest BCUT2D eigenvalue weighted by atomic mass is 9.96. The number of fused-ring (bicyclic) bond motifs is 1. The monoisotopic (exact) mass is 561 g/mol. The molecule has 0 radical (unpaired) electrons. The van der Waals surface area contributed by atoms with Gasteiger partial charge >= 0.3 is 5.97 Å². The summed E-state index contributed by atoms with van der Waals surface area (Å²) in [6, 6.07) is 16.4. The van der Waals surface area contributed by atoms with Crippen molar-refractivity contribution >= 4 is 35.0 Å². The second-order valence-electron chi connectivity index (χ2n) is 9.21. The molecule has 2 aromatic heterocycles. The zero-order chi connectivity index (χ0) is 27.8. The highest BCUT2D eigenvalue weighted by molar-refractivity contribution is 7.07. The first-order valence-electron chi connectivity index (χ1n) is 12.5. The number of carbonyl (C=O) groups is 1. The van der Waals surface area contributed by atoms with Gasteiger partial charge in [0.25, 0.3) is 5.56 Å². The zero-order valence-corrected chi connectivity index (χ0v) is 23.9. The van der Waals surface area contributed by atoms with Gasteiger partial charge in [0, 0.05) is 22.1 Å². The van der Waals surface area contributed by atoms with Crippen molar-refractivity contribution in [2.24, 2.45) is 4.99 Å². The molecule has 0 N–H and O–H groups in total. The van der Waals surface area contributed by atoms with Crippen molar-refractivity contribution in [3.8, 4) is 11.4 Å². The van der Waals surface area contributed by atoms with Crippen LogP contribution in [-0.4, -0.2) is 28.8 Å². The minimum absolute atomic E-state index is 0.217. The van der Waals surface area contributed by atoms with Crippen molar-refractivity contribution < 1.29 is 14.3 Å². The van der Waals surface area contributed by atoms with Gasteiger partial charge in [-0.1, -0.05) is 35.1 Å². The van der Waals surface area contributed by atoms with Gasteiger partial charge in [-0.3, -0.25) is 9.36 Å². The number of carbonyl (C=O) groups excluding carboxylic acids is 1. The number of esters is 1. The zero-order valence-electron chi connectivity index (χ0n) is 22.3. The SMILES string of the molecule is CCOC(=O)C1=C(C)N=c2s/c(=C/c3cc(C)n(-c4ccc(Cl)cc4)c3C)c(=O)n2[C@@H]1c1ccc(OC)cc1. The number of thiazole rings is 1. The van der Waals surface area contributed by atoms with Crippen LogP contribution in [0.4, 0.5) is 0 Å². The van der Waals surface area contributed by atoms with Gasteiger partial charge in [0.05, 0.1) is 35.6 Å². The number of nitrogens with zero attached hydrogens (tertiary/aromatic N) is 3. The van der Waals surface area contributed by atoms with Gasteiger partial charge in [-0.25, -0.2) is 9.79 Å². The molecule has 0 amide bonds. The van der Waals surface area contributed by atoms with E-state index in [1.54, 1.807) is 25.5 Å². The van der Waals surface area contributed by atoms with Crippen LogP contribution in [0.25, 0.3) is 11.8 Å². The Balaban J connectivity index is 1.68. The van der Waals surface area contributed by atoms with Crippen molar-refractivity contribution in [3.05, 3.63) is 113 Å². The molecule has 0 unspecified atom stereocenters. The molecule has 200 valence electrons. The van der Waals surface area contributed by atoms with E-state index in [1.807, 2.05) is 68.5 Å². The lowest BCUT2D eigenvalue weighted by Crippen LogP contribution is -2.39. The summed E-state index contributed by atoms with van der Waals surface area (Å²) in [7, 11) is 1.59. The van der Waals surface area contributed by atoms with Crippen LogP contribution in [0.2, 0.25) is 5.02 Å². The van der Waals surface area contributed by atoms with Crippen LogP contribution in [-0.2, 0) is 9.53 Å². The fourth-order valence-electron chi connectivity index (χ4n) is 4.96. The number of allylic oxidation sites excluding steroid dienone is 1. The van der Waals surface area contributed by atoms with Crippen LogP contribution in [0.1, 0.15) is 42.4 Å². The Morgan fingerprint density at radius 3 is 2.44 bits per heavy atom. The van der Waals surface area contributed by atoms with Gasteiger partial charge in [-0.05, 0) is 87.4 Å². The summed E-state index contributed by atoms with van der Waals surface area (Å²) >= 11 is 7.39. The van der Waals surface area contributed by atoms with Gasteiger partial charge in [0.15, 0.2) is 4.80 Å². The lowest BCUT2D eigenvalue weighted by Gasteiger charge is -2.24. The largest absolute Gasteiger partial charge is 0.497 e. The molecule has 0 aliphatic carbocycles. The predicted molar refractivity (Wildman–Crippen MR) is 154 cm³/mol. The molecule has 0 bridgehead atoms. The predicted octanol–water partition coefficient (Wildman–Crippen LogP) is 4.87.